The average molecular weight is 486 g/mol. The van der Waals surface area contributed by atoms with Crippen molar-refractivity contribution in [3.05, 3.63) is 92.2 Å². The molecule has 0 saturated carbocycles. The second-order valence-corrected chi connectivity index (χ2v) is 9.13. The molecule has 6 rings (SSSR count). The summed E-state index contributed by atoms with van der Waals surface area (Å²) in [7, 11) is 0. The molecule has 0 bridgehead atoms. The monoisotopic (exact) mass is 485 g/mol. The van der Waals surface area contributed by atoms with E-state index in [0.29, 0.717) is 39.8 Å². The highest BCUT2D eigenvalue weighted by Gasteiger charge is 2.45. The number of hydrogen-bond donors (Lipinski definition) is 1. The molecule has 2 aliphatic rings. The molecule has 2 aliphatic heterocycles. The van der Waals surface area contributed by atoms with Crippen LogP contribution in [0.4, 0.5) is 5.69 Å². The summed E-state index contributed by atoms with van der Waals surface area (Å²) in [6, 6.07) is 16.9. The van der Waals surface area contributed by atoms with Crippen molar-refractivity contribution in [3.63, 3.8) is 0 Å². The Morgan fingerprint density at radius 1 is 1.20 bits per heavy atom. The number of aliphatic imine (C=N–C) groups is 1. The predicted octanol–water partition coefficient (Wildman–Crippen LogP) is 4.48. The van der Waals surface area contributed by atoms with Gasteiger partial charge in [-0.15, -0.1) is 0 Å². The number of carbonyl (C=O) groups is 1. The van der Waals surface area contributed by atoms with Crippen molar-refractivity contribution >= 4 is 40.4 Å². The van der Waals surface area contributed by atoms with Crippen LogP contribution in [0.3, 0.4) is 0 Å². The minimum Gasteiger partial charge on any atom is -0.458 e. The molecule has 174 valence electrons. The lowest BCUT2D eigenvalue weighted by Crippen LogP contribution is -2.44. The van der Waals surface area contributed by atoms with E-state index in [-0.39, 0.29) is 18.6 Å². The Kier molecular flexibility index (Phi) is 4.88. The third-order valence-corrected chi connectivity index (χ3v) is 7.08. The van der Waals surface area contributed by atoms with Crippen LogP contribution < -0.4 is 5.56 Å². The molecule has 7 nitrogen and oxygen atoms in total. The van der Waals surface area contributed by atoms with E-state index in [9.17, 15) is 14.7 Å². The lowest BCUT2D eigenvalue weighted by atomic mass is 9.86. The van der Waals surface area contributed by atoms with Gasteiger partial charge in [0.05, 0.1) is 39.7 Å². The molecular weight excluding hydrogens is 466 g/mol. The Morgan fingerprint density at radius 3 is 2.83 bits per heavy atom. The third kappa shape index (κ3) is 3.23. The zero-order chi connectivity index (χ0) is 24.3. The Hall–Kier alpha value is -3.81. The lowest BCUT2D eigenvalue weighted by Gasteiger charge is -2.31. The molecule has 0 saturated heterocycles. The summed E-state index contributed by atoms with van der Waals surface area (Å²) in [5, 5.41) is 12.5. The van der Waals surface area contributed by atoms with E-state index < -0.39 is 11.6 Å². The lowest BCUT2D eigenvalue weighted by molar-refractivity contribution is -0.172. The van der Waals surface area contributed by atoms with E-state index in [0.717, 1.165) is 22.0 Å². The molecule has 0 amide bonds. The summed E-state index contributed by atoms with van der Waals surface area (Å²) in [6.07, 6.45) is 1.83. The summed E-state index contributed by atoms with van der Waals surface area (Å²) in [5.41, 5.74) is 2.78. The van der Waals surface area contributed by atoms with Crippen molar-refractivity contribution in [1.29, 1.82) is 0 Å². The summed E-state index contributed by atoms with van der Waals surface area (Å²) in [4.78, 5) is 35.2. The van der Waals surface area contributed by atoms with Crippen LogP contribution in [0, 0.1) is 0 Å². The number of pyridine rings is 2. The zero-order valence-electron chi connectivity index (χ0n) is 18.8. The summed E-state index contributed by atoms with van der Waals surface area (Å²) in [6.45, 7) is 1.89. The van der Waals surface area contributed by atoms with E-state index in [1.807, 2.05) is 42.5 Å². The number of halogens is 1. The first-order valence-electron chi connectivity index (χ1n) is 11.3. The summed E-state index contributed by atoms with van der Waals surface area (Å²) >= 11 is 6.24. The second kappa shape index (κ2) is 7.86. The van der Waals surface area contributed by atoms with Gasteiger partial charge in [0, 0.05) is 28.3 Å². The number of para-hydroxylation sites is 2. The van der Waals surface area contributed by atoms with Gasteiger partial charge < -0.3 is 14.4 Å². The maximum absolute atomic E-state index is 13.3. The van der Waals surface area contributed by atoms with Crippen molar-refractivity contribution in [3.8, 4) is 11.4 Å². The van der Waals surface area contributed by atoms with E-state index >= 15 is 0 Å². The van der Waals surface area contributed by atoms with Crippen molar-refractivity contribution in [2.45, 2.75) is 32.1 Å². The number of benzene rings is 2. The maximum Gasteiger partial charge on any atom is 0.343 e. The quantitative estimate of drug-likeness (QED) is 0.300. The fourth-order valence-electron chi connectivity index (χ4n) is 4.83. The van der Waals surface area contributed by atoms with Gasteiger partial charge in [0.15, 0.2) is 5.60 Å². The number of cyclic esters (lactones) is 1. The number of aliphatic hydroxyl groups is 1. The number of carbonyl (C=O) groups excluding carboxylic acids is 1. The molecule has 0 aliphatic carbocycles. The van der Waals surface area contributed by atoms with Crippen LogP contribution in [-0.2, 0) is 28.3 Å². The molecule has 8 heteroatoms. The number of ether oxygens (including phenoxy) is 1. The first-order valence-corrected chi connectivity index (χ1v) is 11.7. The molecule has 4 heterocycles. The largest absolute Gasteiger partial charge is 0.458 e. The normalized spacial score (nSPS) is 18.4. The highest BCUT2D eigenvalue weighted by Crippen LogP contribution is 2.38. The Balaban J connectivity index is 1.53. The predicted molar refractivity (Wildman–Crippen MR) is 133 cm³/mol. The van der Waals surface area contributed by atoms with Crippen LogP contribution in [0.15, 0.2) is 64.4 Å². The molecule has 35 heavy (non-hydrogen) atoms. The first kappa shape index (κ1) is 21.7. The van der Waals surface area contributed by atoms with Crippen LogP contribution in [0.25, 0.3) is 22.3 Å². The molecule has 2 aromatic carbocycles. The minimum atomic E-state index is -1.85. The number of hydrogen-bond acceptors (Lipinski definition) is 6. The van der Waals surface area contributed by atoms with Crippen LogP contribution >= 0.6 is 11.6 Å². The molecule has 0 radical (unpaired) electrons. The van der Waals surface area contributed by atoms with Crippen molar-refractivity contribution in [2.24, 2.45) is 4.99 Å². The number of rotatable bonds is 3. The van der Waals surface area contributed by atoms with Crippen LogP contribution in [0.5, 0.6) is 0 Å². The Morgan fingerprint density at radius 2 is 2.03 bits per heavy atom. The van der Waals surface area contributed by atoms with Gasteiger partial charge in [-0.05, 0) is 30.7 Å². The number of aromatic nitrogens is 2. The smallest absolute Gasteiger partial charge is 0.343 e. The molecular formula is C27H20ClN3O4. The fraction of sp³-hybridized carbons (Fsp3) is 0.185. The standard InChI is InChI=1S/C27H20ClN3O4/c1-2-27(34)19-11-22-24-17(13-31(22)25(32)18(19)14-35-26(27)33)10-15-6-5-7-16(23(15)30-24)12-29-21-9-4-3-8-20(21)28/h3-12,34H,2,13-14H2,1H3/t27-/m0/s1. The van der Waals surface area contributed by atoms with Gasteiger partial charge in [-0.25, -0.2) is 9.78 Å². The van der Waals surface area contributed by atoms with Crippen molar-refractivity contribution in [1.82, 2.24) is 9.55 Å². The zero-order valence-corrected chi connectivity index (χ0v) is 19.5. The fourth-order valence-corrected chi connectivity index (χ4v) is 5.01. The van der Waals surface area contributed by atoms with Crippen LogP contribution in [0.1, 0.15) is 35.6 Å². The molecule has 0 fully saturated rings. The minimum absolute atomic E-state index is 0.0996. The van der Waals surface area contributed by atoms with Crippen molar-refractivity contribution < 1.29 is 14.6 Å². The van der Waals surface area contributed by atoms with Gasteiger partial charge in [-0.2, -0.15) is 0 Å². The van der Waals surface area contributed by atoms with Gasteiger partial charge in [-0.3, -0.25) is 9.79 Å². The topological polar surface area (TPSA) is 93.8 Å². The highest BCUT2D eigenvalue weighted by atomic mass is 35.5. The second-order valence-electron chi connectivity index (χ2n) is 8.73. The Bertz CT molecular complexity index is 1640. The van der Waals surface area contributed by atoms with Crippen LogP contribution in [-0.4, -0.2) is 26.8 Å². The first-order chi connectivity index (χ1) is 16.9. The third-order valence-electron chi connectivity index (χ3n) is 6.77. The maximum atomic E-state index is 13.3. The number of nitrogens with zero attached hydrogens (tertiary/aromatic N) is 3. The highest BCUT2D eigenvalue weighted by molar-refractivity contribution is 6.33. The average Bonchev–Trinajstić information content (AvgIpc) is 3.23. The molecule has 2 aromatic heterocycles. The Labute approximate surface area is 205 Å². The van der Waals surface area contributed by atoms with Crippen molar-refractivity contribution in [2.75, 3.05) is 0 Å². The number of fused-ring (bicyclic) bond motifs is 5. The molecule has 0 unspecified atom stereocenters. The SMILES string of the molecule is CC[C@@]1(O)C(=O)OCc2c1cc1n(c2=O)Cc2cc3cccc(C=Nc4ccccc4Cl)c3nc2-1. The van der Waals surface area contributed by atoms with Gasteiger partial charge >= 0.3 is 5.97 Å². The molecule has 1 atom stereocenters. The van der Waals surface area contributed by atoms with Gasteiger partial charge in [0.1, 0.15) is 6.61 Å². The van der Waals surface area contributed by atoms with Gasteiger partial charge in [-0.1, -0.05) is 48.9 Å². The summed E-state index contributed by atoms with van der Waals surface area (Å²) in [5.74, 6) is -0.736. The molecule has 4 aromatic rings. The molecule has 0 spiro atoms. The van der Waals surface area contributed by atoms with E-state index in [2.05, 4.69) is 4.99 Å². The van der Waals surface area contributed by atoms with E-state index in [4.69, 9.17) is 21.3 Å². The van der Waals surface area contributed by atoms with Crippen LogP contribution in [0.2, 0.25) is 5.02 Å². The molecule has 1 N–H and O–H groups in total. The van der Waals surface area contributed by atoms with Gasteiger partial charge in [0.25, 0.3) is 5.56 Å². The summed E-state index contributed by atoms with van der Waals surface area (Å²) < 4.78 is 6.76. The van der Waals surface area contributed by atoms with E-state index in [1.165, 1.54) is 0 Å². The van der Waals surface area contributed by atoms with Gasteiger partial charge in [0.2, 0.25) is 0 Å². The van der Waals surface area contributed by atoms with E-state index in [1.54, 1.807) is 29.8 Å². The number of esters is 1.